The highest BCUT2D eigenvalue weighted by Gasteiger charge is 2.12. The number of piperazine rings is 1. The van der Waals surface area contributed by atoms with E-state index in [9.17, 15) is 0 Å². The Morgan fingerprint density at radius 3 is 2.62 bits per heavy atom. The van der Waals surface area contributed by atoms with Crippen LogP contribution in [-0.4, -0.2) is 82.3 Å². The van der Waals surface area contributed by atoms with Gasteiger partial charge in [0.2, 0.25) is 0 Å². The molecule has 26 heavy (non-hydrogen) atoms. The first-order valence-electron chi connectivity index (χ1n) is 9.73. The summed E-state index contributed by atoms with van der Waals surface area (Å²) < 4.78 is 10.8. The third-order valence-electron chi connectivity index (χ3n) is 4.60. The molecule has 1 saturated heterocycles. The minimum atomic E-state index is 0.535. The molecule has 0 bridgehead atoms. The zero-order valence-electron chi connectivity index (χ0n) is 16.4. The number of nitrogens with zero attached hydrogens (tertiary/aromatic N) is 3. The minimum absolute atomic E-state index is 0.535. The summed E-state index contributed by atoms with van der Waals surface area (Å²) in [5, 5.41) is 6.71. The number of unbranched alkanes of at least 4 members (excludes halogenated alkanes) is 1. The first-order chi connectivity index (χ1) is 12.8. The van der Waals surface area contributed by atoms with Gasteiger partial charge in [-0.3, -0.25) is 4.99 Å². The molecule has 1 aliphatic heterocycles. The van der Waals surface area contributed by atoms with Gasteiger partial charge < -0.3 is 29.6 Å². The standard InChI is InChI=1S/C19H35N5O2/c1-20-19(22-9-6-15-25-17-18-7-5-16-26-18)21-8-3-4-10-24-13-11-23(2)12-14-24/h5,7,16H,3-4,6,8-15,17H2,1-2H3,(H2,20,21,22). The zero-order valence-corrected chi connectivity index (χ0v) is 16.4. The van der Waals surface area contributed by atoms with E-state index in [0.29, 0.717) is 13.2 Å². The molecular formula is C19H35N5O2. The summed E-state index contributed by atoms with van der Waals surface area (Å²) >= 11 is 0. The number of hydrogen-bond donors (Lipinski definition) is 2. The van der Waals surface area contributed by atoms with Crippen LogP contribution >= 0.6 is 0 Å². The lowest BCUT2D eigenvalue weighted by Gasteiger charge is -2.32. The van der Waals surface area contributed by atoms with E-state index in [1.54, 1.807) is 6.26 Å². The highest BCUT2D eigenvalue weighted by molar-refractivity contribution is 5.79. The average molecular weight is 366 g/mol. The highest BCUT2D eigenvalue weighted by atomic mass is 16.5. The van der Waals surface area contributed by atoms with Crippen LogP contribution in [0.1, 0.15) is 25.0 Å². The predicted octanol–water partition coefficient (Wildman–Crippen LogP) is 1.38. The molecule has 1 aromatic heterocycles. The number of nitrogens with one attached hydrogen (secondary N) is 2. The molecule has 0 aliphatic carbocycles. The van der Waals surface area contributed by atoms with Crippen molar-refractivity contribution in [3.63, 3.8) is 0 Å². The minimum Gasteiger partial charge on any atom is -0.467 e. The topological polar surface area (TPSA) is 65.3 Å². The van der Waals surface area contributed by atoms with Gasteiger partial charge in [0, 0.05) is 52.9 Å². The fourth-order valence-electron chi connectivity index (χ4n) is 2.91. The fourth-order valence-corrected chi connectivity index (χ4v) is 2.91. The van der Waals surface area contributed by atoms with Crippen LogP contribution in [-0.2, 0) is 11.3 Å². The van der Waals surface area contributed by atoms with E-state index in [1.807, 2.05) is 19.2 Å². The SMILES string of the molecule is CN=C(NCCCCN1CCN(C)CC1)NCCCOCc1ccco1. The molecule has 0 aromatic carbocycles. The lowest BCUT2D eigenvalue weighted by Crippen LogP contribution is -2.44. The Morgan fingerprint density at radius 2 is 1.92 bits per heavy atom. The van der Waals surface area contributed by atoms with Crippen molar-refractivity contribution in [1.82, 2.24) is 20.4 Å². The predicted molar refractivity (Wildman–Crippen MR) is 106 cm³/mol. The molecule has 0 radical (unpaired) electrons. The molecule has 2 N–H and O–H groups in total. The number of hydrogen-bond acceptors (Lipinski definition) is 5. The van der Waals surface area contributed by atoms with Crippen LogP contribution < -0.4 is 10.6 Å². The molecule has 0 spiro atoms. The van der Waals surface area contributed by atoms with Crippen LogP contribution in [0.4, 0.5) is 0 Å². The number of rotatable bonds is 11. The zero-order chi connectivity index (χ0) is 18.5. The molecule has 0 atom stereocenters. The summed E-state index contributed by atoms with van der Waals surface area (Å²) in [7, 11) is 4.01. The molecule has 7 heteroatoms. The Bertz CT molecular complexity index is 484. The van der Waals surface area contributed by atoms with E-state index >= 15 is 0 Å². The molecule has 1 aromatic rings. The van der Waals surface area contributed by atoms with Gasteiger partial charge in [-0.1, -0.05) is 0 Å². The second kappa shape index (κ2) is 12.7. The fraction of sp³-hybridized carbons (Fsp3) is 0.737. The van der Waals surface area contributed by atoms with Crippen molar-refractivity contribution in [3.8, 4) is 0 Å². The Kier molecular flexibility index (Phi) is 10.2. The molecule has 1 fully saturated rings. The van der Waals surface area contributed by atoms with Crippen LogP contribution in [0.15, 0.2) is 27.8 Å². The second-order valence-electron chi connectivity index (χ2n) is 6.76. The average Bonchev–Trinajstić information content (AvgIpc) is 3.17. The molecule has 148 valence electrons. The summed E-state index contributed by atoms with van der Waals surface area (Å²) in [4.78, 5) is 9.23. The lowest BCUT2D eigenvalue weighted by molar-refractivity contribution is 0.105. The maximum atomic E-state index is 5.57. The van der Waals surface area contributed by atoms with E-state index in [4.69, 9.17) is 9.15 Å². The van der Waals surface area contributed by atoms with Crippen molar-refractivity contribution >= 4 is 5.96 Å². The van der Waals surface area contributed by atoms with E-state index in [2.05, 4.69) is 32.5 Å². The molecule has 0 saturated carbocycles. The van der Waals surface area contributed by atoms with Gasteiger partial charge in [-0.05, 0) is 45.0 Å². The Morgan fingerprint density at radius 1 is 1.15 bits per heavy atom. The van der Waals surface area contributed by atoms with Gasteiger partial charge in [0.1, 0.15) is 12.4 Å². The smallest absolute Gasteiger partial charge is 0.190 e. The van der Waals surface area contributed by atoms with Crippen molar-refractivity contribution in [2.24, 2.45) is 4.99 Å². The van der Waals surface area contributed by atoms with E-state index in [-0.39, 0.29) is 0 Å². The second-order valence-corrected chi connectivity index (χ2v) is 6.76. The van der Waals surface area contributed by atoms with E-state index in [1.165, 1.54) is 45.6 Å². The van der Waals surface area contributed by atoms with E-state index < -0.39 is 0 Å². The van der Waals surface area contributed by atoms with Gasteiger partial charge >= 0.3 is 0 Å². The third-order valence-corrected chi connectivity index (χ3v) is 4.60. The number of furan rings is 1. The van der Waals surface area contributed by atoms with Gasteiger partial charge in [-0.15, -0.1) is 0 Å². The van der Waals surface area contributed by atoms with Gasteiger partial charge in [-0.25, -0.2) is 0 Å². The number of likely N-dealkylation sites (N-methyl/N-ethyl adjacent to an activating group) is 1. The number of guanidine groups is 1. The van der Waals surface area contributed by atoms with Crippen molar-refractivity contribution < 1.29 is 9.15 Å². The maximum absolute atomic E-state index is 5.57. The van der Waals surface area contributed by atoms with Gasteiger partial charge in [0.15, 0.2) is 5.96 Å². The number of ether oxygens (including phenoxy) is 1. The molecule has 0 unspecified atom stereocenters. The third kappa shape index (κ3) is 8.69. The summed E-state index contributed by atoms with van der Waals surface area (Å²) in [6.45, 7) is 9.05. The first-order valence-corrected chi connectivity index (χ1v) is 9.73. The van der Waals surface area contributed by atoms with Crippen LogP contribution in [0, 0.1) is 0 Å². The molecule has 7 nitrogen and oxygen atoms in total. The maximum Gasteiger partial charge on any atom is 0.190 e. The Hall–Kier alpha value is -1.57. The Labute approximate surface area is 157 Å². The summed E-state index contributed by atoms with van der Waals surface area (Å²) in [5.74, 6) is 1.74. The summed E-state index contributed by atoms with van der Waals surface area (Å²) in [5.41, 5.74) is 0. The van der Waals surface area contributed by atoms with Crippen molar-refractivity contribution in [3.05, 3.63) is 24.2 Å². The summed E-state index contributed by atoms with van der Waals surface area (Å²) in [6, 6.07) is 3.80. The van der Waals surface area contributed by atoms with Crippen LogP contribution in [0.5, 0.6) is 0 Å². The van der Waals surface area contributed by atoms with Gasteiger partial charge in [0.25, 0.3) is 0 Å². The van der Waals surface area contributed by atoms with Crippen LogP contribution in [0.25, 0.3) is 0 Å². The lowest BCUT2D eigenvalue weighted by atomic mass is 10.2. The largest absolute Gasteiger partial charge is 0.467 e. The highest BCUT2D eigenvalue weighted by Crippen LogP contribution is 2.02. The molecular weight excluding hydrogens is 330 g/mol. The van der Waals surface area contributed by atoms with E-state index in [0.717, 1.165) is 31.2 Å². The normalized spacial score (nSPS) is 16.8. The quantitative estimate of drug-likeness (QED) is 0.351. The molecule has 2 heterocycles. The summed E-state index contributed by atoms with van der Waals surface area (Å²) in [6.07, 6.45) is 5.00. The van der Waals surface area contributed by atoms with Crippen LogP contribution in [0.3, 0.4) is 0 Å². The van der Waals surface area contributed by atoms with Gasteiger partial charge in [-0.2, -0.15) is 0 Å². The molecule has 0 amide bonds. The molecule has 2 rings (SSSR count). The van der Waals surface area contributed by atoms with Crippen molar-refractivity contribution in [2.45, 2.75) is 25.9 Å². The number of aliphatic imine (C=N–C) groups is 1. The first kappa shape index (κ1) is 20.7. The Balaban J connectivity index is 1.41. The van der Waals surface area contributed by atoms with Crippen molar-refractivity contribution in [2.75, 3.05) is 66.5 Å². The molecule has 1 aliphatic rings. The van der Waals surface area contributed by atoms with Gasteiger partial charge in [0.05, 0.1) is 6.26 Å². The van der Waals surface area contributed by atoms with Crippen LogP contribution in [0.2, 0.25) is 0 Å². The van der Waals surface area contributed by atoms with Crippen molar-refractivity contribution in [1.29, 1.82) is 0 Å². The monoisotopic (exact) mass is 365 g/mol.